The summed E-state index contributed by atoms with van der Waals surface area (Å²) in [5.41, 5.74) is 1.27. The fourth-order valence-electron chi connectivity index (χ4n) is 3.90. The topological polar surface area (TPSA) is 36.4 Å². The maximum absolute atomic E-state index is 9.02. The van der Waals surface area contributed by atoms with Crippen molar-refractivity contribution < 1.29 is 5.11 Å². The molecule has 3 rings (SSSR count). The van der Waals surface area contributed by atoms with Crippen LogP contribution in [0.25, 0.3) is 0 Å². The molecule has 1 aromatic heterocycles. The molecule has 1 aromatic rings. The highest BCUT2D eigenvalue weighted by atomic mass is 32.1. The van der Waals surface area contributed by atoms with E-state index in [9.17, 15) is 0 Å². The van der Waals surface area contributed by atoms with Crippen molar-refractivity contribution in [1.29, 1.82) is 0 Å². The molecular weight excluding hydrogens is 280 g/mol. The van der Waals surface area contributed by atoms with E-state index in [4.69, 9.17) is 10.1 Å². The predicted molar refractivity (Wildman–Crippen MR) is 87.7 cm³/mol. The van der Waals surface area contributed by atoms with Crippen molar-refractivity contribution in [3.8, 4) is 0 Å². The van der Waals surface area contributed by atoms with Gasteiger partial charge in [-0.2, -0.15) is 0 Å². The van der Waals surface area contributed by atoms with E-state index in [2.05, 4.69) is 10.3 Å². The van der Waals surface area contributed by atoms with Gasteiger partial charge in [-0.15, -0.1) is 11.3 Å². The highest BCUT2D eigenvalue weighted by Crippen LogP contribution is 2.34. The van der Waals surface area contributed by atoms with Crippen molar-refractivity contribution in [2.45, 2.75) is 76.3 Å². The molecule has 1 saturated heterocycles. The van der Waals surface area contributed by atoms with Gasteiger partial charge in [-0.25, -0.2) is 4.98 Å². The standard InChI is InChI=1S/C17H28N2OS/c20-11-5-9-16-8-4-10-19(16)12-15-13-21-17(18-15)14-6-2-1-3-7-14/h13-14,16,20H,1-12H2. The Morgan fingerprint density at radius 1 is 1.19 bits per heavy atom. The SMILES string of the molecule is OCCCC1CCCN1Cc1csc(C2CCCCC2)n1. The first-order chi connectivity index (χ1) is 10.4. The first kappa shape index (κ1) is 15.4. The Labute approximate surface area is 132 Å². The molecule has 4 heteroatoms. The molecule has 118 valence electrons. The van der Waals surface area contributed by atoms with Gasteiger partial charge in [0.1, 0.15) is 0 Å². The van der Waals surface area contributed by atoms with Crippen LogP contribution in [0, 0.1) is 0 Å². The lowest BCUT2D eigenvalue weighted by Crippen LogP contribution is -2.29. The normalized spacial score (nSPS) is 24.7. The number of hydrogen-bond acceptors (Lipinski definition) is 4. The van der Waals surface area contributed by atoms with Crippen LogP contribution in [-0.4, -0.2) is 34.2 Å². The second-order valence-corrected chi connectivity index (χ2v) is 7.53. The van der Waals surface area contributed by atoms with Crippen molar-refractivity contribution in [3.63, 3.8) is 0 Å². The van der Waals surface area contributed by atoms with E-state index in [0.717, 1.165) is 25.3 Å². The molecule has 0 amide bonds. The Bertz CT molecular complexity index is 428. The molecule has 1 saturated carbocycles. The Hall–Kier alpha value is -0.450. The number of rotatable bonds is 6. The molecule has 1 aliphatic heterocycles. The third kappa shape index (κ3) is 4.05. The lowest BCUT2D eigenvalue weighted by Gasteiger charge is -2.23. The summed E-state index contributed by atoms with van der Waals surface area (Å²) < 4.78 is 0. The smallest absolute Gasteiger partial charge is 0.0959 e. The summed E-state index contributed by atoms with van der Waals surface area (Å²) in [5.74, 6) is 0.737. The average Bonchev–Trinajstić information content (AvgIpc) is 3.16. The first-order valence-electron chi connectivity index (χ1n) is 8.66. The van der Waals surface area contributed by atoms with Crippen molar-refractivity contribution in [2.24, 2.45) is 0 Å². The zero-order valence-corrected chi connectivity index (χ0v) is 13.8. The minimum Gasteiger partial charge on any atom is -0.396 e. The van der Waals surface area contributed by atoms with Gasteiger partial charge in [0.2, 0.25) is 0 Å². The fraction of sp³-hybridized carbons (Fsp3) is 0.824. The number of likely N-dealkylation sites (tertiary alicyclic amines) is 1. The minimum absolute atomic E-state index is 0.326. The van der Waals surface area contributed by atoms with Crippen LogP contribution in [0.3, 0.4) is 0 Å². The van der Waals surface area contributed by atoms with Crippen LogP contribution in [-0.2, 0) is 6.54 Å². The molecule has 0 radical (unpaired) electrons. The van der Waals surface area contributed by atoms with E-state index in [1.54, 1.807) is 0 Å². The summed E-state index contributed by atoms with van der Waals surface area (Å²) in [6.07, 6.45) is 11.5. The lowest BCUT2D eigenvalue weighted by atomic mass is 9.90. The van der Waals surface area contributed by atoms with Crippen LogP contribution in [0.1, 0.15) is 74.4 Å². The molecule has 1 N–H and O–H groups in total. The fourth-order valence-corrected chi connectivity index (χ4v) is 4.88. The summed E-state index contributed by atoms with van der Waals surface area (Å²) >= 11 is 1.88. The third-order valence-electron chi connectivity index (χ3n) is 5.08. The molecule has 1 atom stereocenters. The summed E-state index contributed by atoms with van der Waals surface area (Å²) in [7, 11) is 0. The lowest BCUT2D eigenvalue weighted by molar-refractivity contribution is 0.208. The zero-order valence-electron chi connectivity index (χ0n) is 13.0. The maximum atomic E-state index is 9.02. The van der Waals surface area contributed by atoms with Crippen LogP contribution in [0.4, 0.5) is 0 Å². The minimum atomic E-state index is 0.326. The van der Waals surface area contributed by atoms with Gasteiger partial charge in [0.25, 0.3) is 0 Å². The molecule has 0 bridgehead atoms. The van der Waals surface area contributed by atoms with Crippen LogP contribution in [0.15, 0.2) is 5.38 Å². The number of aliphatic hydroxyl groups is 1. The van der Waals surface area contributed by atoms with Gasteiger partial charge in [0, 0.05) is 30.5 Å². The van der Waals surface area contributed by atoms with E-state index < -0.39 is 0 Å². The molecule has 3 nitrogen and oxygen atoms in total. The highest BCUT2D eigenvalue weighted by molar-refractivity contribution is 7.09. The van der Waals surface area contributed by atoms with E-state index in [1.807, 2.05) is 11.3 Å². The van der Waals surface area contributed by atoms with Crippen molar-refractivity contribution >= 4 is 11.3 Å². The summed E-state index contributed by atoms with van der Waals surface area (Å²) in [6.45, 7) is 2.54. The van der Waals surface area contributed by atoms with Gasteiger partial charge >= 0.3 is 0 Å². The van der Waals surface area contributed by atoms with E-state index >= 15 is 0 Å². The van der Waals surface area contributed by atoms with Crippen LogP contribution in [0.5, 0.6) is 0 Å². The number of aromatic nitrogens is 1. The second kappa shape index (κ2) is 7.70. The van der Waals surface area contributed by atoms with E-state index in [1.165, 1.54) is 62.2 Å². The van der Waals surface area contributed by atoms with Crippen LogP contribution >= 0.6 is 11.3 Å². The van der Waals surface area contributed by atoms with Gasteiger partial charge in [0.05, 0.1) is 10.7 Å². The summed E-state index contributed by atoms with van der Waals surface area (Å²) in [5, 5.41) is 12.7. The molecule has 21 heavy (non-hydrogen) atoms. The van der Waals surface area contributed by atoms with Crippen LogP contribution in [0.2, 0.25) is 0 Å². The average molecular weight is 308 g/mol. The molecule has 2 aliphatic rings. The first-order valence-corrected chi connectivity index (χ1v) is 9.54. The Balaban J connectivity index is 1.56. The van der Waals surface area contributed by atoms with Gasteiger partial charge < -0.3 is 5.11 Å². The zero-order chi connectivity index (χ0) is 14.5. The number of hydrogen-bond donors (Lipinski definition) is 1. The largest absolute Gasteiger partial charge is 0.396 e. The van der Waals surface area contributed by atoms with E-state index in [0.29, 0.717) is 12.6 Å². The third-order valence-corrected chi connectivity index (χ3v) is 6.14. The molecule has 2 heterocycles. The molecule has 2 fully saturated rings. The maximum Gasteiger partial charge on any atom is 0.0959 e. The van der Waals surface area contributed by atoms with Gasteiger partial charge in [-0.05, 0) is 45.1 Å². The van der Waals surface area contributed by atoms with Crippen molar-refractivity contribution in [3.05, 3.63) is 16.1 Å². The predicted octanol–water partition coefficient (Wildman–Crippen LogP) is 3.93. The Kier molecular flexibility index (Phi) is 5.67. The summed E-state index contributed by atoms with van der Waals surface area (Å²) in [6, 6.07) is 0.664. The van der Waals surface area contributed by atoms with Crippen LogP contribution < -0.4 is 0 Å². The van der Waals surface area contributed by atoms with Gasteiger partial charge in [0.15, 0.2) is 0 Å². The molecule has 0 spiro atoms. The molecular formula is C17H28N2OS. The second-order valence-electron chi connectivity index (χ2n) is 6.64. The van der Waals surface area contributed by atoms with Gasteiger partial charge in [-0.1, -0.05) is 19.3 Å². The van der Waals surface area contributed by atoms with Crippen molar-refractivity contribution in [1.82, 2.24) is 9.88 Å². The molecule has 1 unspecified atom stereocenters. The quantitative estimate of drug-likeness (QED) is 0.865. The monoisotopic (exact) mass is 308 g/mol. The molecule has 0 aromatic carbocycles. The number of aliphatic hydroxyl groups excluding tert-OH is 1. The van der Waals surface area contributed by atoms with Gasteiger partial charge in [-0.3, -0.25) is 4.90 Å². The number of thiazole rings is 1. The molecule has 1 aliphatic carbocycles. The Morgan fingerprint density at radius 3 is 2.86 bits per heavy atom. The number of nitrogens with zero attached hydrogens (tertiary/aromatic N) is 2. The summed E-state index contributed by atoms with van der Waals surface area (Å²) in [4.78, 5) is 7.52. The Morgan fingerprint density at radius 2 is 2.05 bits per heavy atom. The van der Waals surface area contributed by atoms with Crippen molar-refractivity contribution in [2.75, 3.05) is 13.2 Å². The van der Waals surface area contributed by atoms with E-state index in [-0.39, 0.29) is 0 Å². The highest BCUT2D eigenvalue weighted by Gasteiger charge is 2.25.